The first-order chi connectivity index (χ1) is 6.86. The maximum atomic E-state index is 6.03. The van der Waals surface area contributed by atoms with Crippen molar-refractivity contribution in [1.29, 1.82) is 0 Å². The van der Waals surface area contributed by atoms with E-state index in [-0.39, 0.29) is 6.04 Å². The molecule has 0 amide bonds. The van der Waals surface area contributed by atoms with E-state index >= 15 is 0 Å². The molecule has 2 aromatic rings. The average Bonchev–Trinajstić information content (AvgIpc) is 2.59. The molecule has 0 spiro atoms. The molecule has 2 heterocycles. The Morgan fingerprint density at radius 2 is 2.21 bits per heavy atom. The number of aryl methyl sites for hydroxylation is 1. The van der Waals surface area contributed by atoms with Gasteiger partial charge >= 0.3 is 0 Å². The highest BCUT2D eigenvalue weighted by molar-refractivity contribution is 5.76. The summed E-state index contributed by atoms with van der Waals surface area (Å²) in [6.07, 6.45) is 2.22. The molecular weight excluding hydrogens is 174 g/mol. The Kier molecular flexibility index (Phi) is 1.61. The van der Waals surface area contributed by atoms with Gasteiger partial charge in [-0.25, -0.2) is 4.98 Å². The van der Waals surface area contributed by atoms with Gasteiger partial charge in [0.05, 0.1) is 17.1 Å². The van der Waals surface area contributed by atoms with Crippen molar-refractivity contribution in [3.05, 3.63) is 30.1 Å². The first kappa shape index (κ1) is 8.00. The van der Waals surface area contributed by atoms with Gasteiger partial charge in [-0.3, -0.25) is 0 Å². The minimum atomic E-state index is 0.121. The van der Waals surface area contributed by atoms with Crippen LogP contribution in [0.4, 0.5) is 0 Å². The maximum Gasteiger partial charge on any atom is 0.126 e. The number of hydrogen-bond acceptors (Lipinski definition) is 2. The molecule has 1 atom stereocenters. The number of nitrogens with two attached hydrogens (primary N) is 1. The molecule has 1 aliphatic rings. The van der Waals surface area contributed by atoms with Gasteiger partial charge in [0.15, 0.2) is 0 Å². The molecular formula is C11H13N3. The molecule has 0 saturated heterocycles. The van der Waals surface area contributed by atoms with Crippen LogP contribution in [0.2, 0.25) is 0 Å². The SMILES string of the molecule is NC1CCCn2c1nc1ccccc12. The van der Waals surface area contributed by atoms with Crippen LogP contribution in [0.5, 0.6) is 0 Å². The van der Waals surface area contributed by atoms with E-state index < -0.39 is 0 Å². The summed E-state index contributed by atoms with van der Waals surface area (Å²) < 4.78 is 2.25. The summed E-state index contributed by atoms with van der Waals surface area (Å²) in [5.41, 5.74) is 8.32. The van der Waals surface area contributed by atoms with Gasteiger partial charge in [-0.2, -0.15) is 0 Å². The van der Waals surface area contributed by atoms with Gasteiger partial charge in [0, 0.05) is 6.54 Å². The summed E-state index contributed by atoms with van der Waals surface area (Å²) in [6, 6.07) is 8.36. The molecule has 3 nitrogen and oxygen atoms in total. The molecule has 1 aromatic heterocycles. The van der Waals surface area contributed by atoms with Crippen LogP contribution in [-0.4, -0.2) is 9.55 Å². The Morgan fingerprint density at radius 1 is 1.36 bits per heavy atom. The van der Waals surface area contributed by atoms with E-state index in [0.29, 0.717) is 0 Å². The van der Waals surface area contributed by atoms with E-state index in [0.717, 1.165) is 30.7 Å². The highest BCUT2D eigenvalue weighted by Gasteiger charge is 2.20. The van der Waals surface area contributed by atoms with Crippen molar-refractivity contribution >= 4 is 11.0 Å². The zero-order valence-corrected chi connectivity index (χ0v) is 7.98. The van der Waals surface area contributed by atoms with Gasteiger partial charge in [-0.05, 0) is 25.0 Å². The Hall–Kier alpha value is -1.35. The molecule has 0 aliphatic carbocycles. The third-order valence-corrected chi connectivity index (χ3v) is 2.91. The highest BCUT2D eigenvalue weighted by atomic mass is 15.1. The van der Waals surface area contributed by atoms with Crippen LogP contribution < -0.4 is 5.73 Å². The summed E-state index contributed by atoms with van der Waals surface area (Å²) in [6.45, 7) is 1.06. The van der Waals surface area contributed by atoms with Gasteiger partial charge in [0.2, 0.25) is 0 Å². The van der Waals surface area contributed by atoms with E-state index in [4.69, 9.17) is 5.73 Å². The normalized spacial score (nSPS) is 21.1. The second-order valence-electron chi connectivity index (χ2n) is 3.86. The van der Waals surface area contributed by atoms with Crippen LogP contribution >= 0.6 is 0 Å². The molecule has 0 bridgehead atoms. The first-order valence-electron chi connectivity index (χ1n) is 5.07. The van der Waals surface area contributed by atoms with Crippen molar-refractivity contribution in [1.82, 2.24) is 9.55 Å². The predicted octanol–water partition coefficient (Wildman–Crippen LogP) is 1.83. The number of hydrogen-bond donors (Lipinski definition) is 1. The van der Waals surface area contributed by atoms with E-state index in [9.17, 15) is 0 Å². The second kappa shape index (κ2) is 2.82. The summed E-state index contributed by atoms with van der Waals surface area (Å²) in [5.74, 6) is 1.05. The number of fused-ring (bicyclic) bond motifs is 3. The number of nitrogens with zero attached hydrogens (tertiary/aromatic N) is 2. The summed E-state index contributed by atoms with van der Waals surface area (Å²) >= 11 is 0. The van der Waals surface area contributed by atoms with Crippen LogP contribution in [0.25, 0.3) is 11.0 Å². The minimum Gasteiger partial charge on any atom is -0.327 e. The Bertz CT molecular complexity index is 472. The van der Waals surface area contributed by atoms with Gasteiger partial charge in [-0.15, -0.1) is 0 Å². The Morgan fingerprint density at radius 3 is 3.14 bits per heavy atom. The summed E-state index contributed by atoms with van der Waals surface area (Å²) in [4.78, 5) is 4.57. The molecule has 0 fully saturated rings. The zero-order chi connectivity index (χ0) is 9.54. The monoisotopic (exact) mass is 187 g/mol. The third kappa shape index (κ3) is 0.990. The fourth-order valence-corrected chi connectivity index (χ4v) is 2.21. The molecule has 14 heavy (non-hydrogen) atoms. The van der Waals surface area contributed by atoms with Gasteiger partial charge in [0.25, 0.3) is 0 Å². The lowest BCUT2D eigenvalue weighted by atomic mass is 10.1. The number of imidazole rings is 1. The summed E-state index contributed by atoms with van der Waals surface area (Å²) in [7, 11) is 0. The predicted molar refractivity (Wildman–Crippen MR) is 55.9 cm³/mol. The third-order valence-electron chi connectivity index (χ3n) is 2.91. The van der Waals surface area contributed by atoms with Gasteiger partial charge < -0.3 is 10.3 Å². The van der Waals surface area contributed by atoms with Crippen molar-refractivity contribution < 1.29 is 0 Å². The summed E-state index contributed by atoms with van der Waals surface area (Å²) in [5, 5.41) is 0. The fourth-order valence-electron chi connectivity index (χ4n) is 2.21. The number of benzene rings is 1. The first-order valence-corrected chi connectivity index (χ1v) is 5.07. The van der Waals surface area contributed by atoms with Crippen LogP contribution in [0, 0.1) is 0 Å². The van der Waals surface area contributed by atoms with Crippen LogP contribution in [0.15, 0.2) is 24.3 Å². The van der Waals surface area contributed by atoms with E-state index in [2.05, 4.69) is 21.7 Å². The molecule has 3 heteroatoms. The molecule has 3 rings (SSSR count). The smallest absolute Gasteiger partial charge is 0.126 e. The van der Waals surface area contributed by atoms with E-state index in [1.54, 1.807) is 0 Å². The molecule has 1 aromatic carbocycles. The van der Waals surface area contributed by atoms with Crippen molar-refractivity contribution in [3.8, 4) is 0 Å². The zero-order valence-electron chi connectivity index (χ0n) is 7.98. The second-order valence-corrected chi connectivity index (χ2v) is 3.86. The lowest BCUT2D eigenvalue weighted by molar-refractivity contribution is 0.459. The van der Waals surface area contributed by atoms with Crippen LogP contribution in [0.3, 0.4) is 0 Å². The molecule has 1 unspecified atom stereocenters. The van der Waals surface area contributed by atoms with Gasteiger partial charge in [-0.1, -0.05) is 12.1 Å². The Labute approximate surface area is 82.5 Å². The molecule has 2 N–H and O–H groups in total. The standard InChI is InChI=1S/C11H13N3/c12-8-4-3-7-14-10-6-2-1-5-9(10)13-11(8)14/h1-2,5-6,8H,3-4,7,12H2. The quantitative estimate of drug-likeness (QED) is 0.683. The number of aromatic nitrogens is 2. The van der Waals surface area contributed by atoms with Crippen molar-refractivity contribution in [2.75, 3.05) is 0 Å². The topological polar surface area (TPSA) is 43.8 Å². The number of rotatable bonds is 0. The maximum absolute atomic E-state index is 6.03. The fraction of sp³-hybridized carbons (Fsp3) is 0.364. The minimum absolute atomic E-state index is 0.121. The van der Waals surface area contributed by atoms with Crippen LogP contribution in [-0.2, 0) is 6.54 Å². The Balaban J connectivity index is 2.32. The highest BCUT2D eigenvalue weighted by Crippen LogP contribution is 2.26. The van der Waals surface area contributed by atoms with E-state index in [1.165, 1.54) is 5.52 Å². The van der Waals surface area contributed by atoms with E-state index in [1.807, 2.05) is 12.1 Å². The van der Waals surface area contributed by atoms with Crippen LogP contribution in [0.1, 0.15) is 24.7 Å². The van der Waals surface area contributed by atoms with Crippen molar-refractivity contribution in [2.24, 2.45) is 5.73 Å². The average molecular weight is 187 g/mol. The van der Waals surface area contributed by atoms with Crippen molar-refractivity contribution in [3.63, 3.8) is 0 Å². The lowest BCUT2D eigenvalue weighted by Crippen LogP contribution is -2.21. The van der Waals surface area contributed by atoms with Crippen molar-refractivity contribution in [2.45, 2.75) is 25.4 Å². The molecule has 1 aliphatic heterocycles. The number of para-hydroxylation sites is 2. The van der Waals surface area contributed by atoms with Gasteiger partial charge in [0.1, 0.15) is 5.82 Å². The lowest BCUT2D eigenvalue weighted by Gasteiger charge is -2.19. The molecule has 72 valence electrons. The molecule has 0 radical (unpaired) electrons. The molecule has 0 saturated carbocycles. The largest absolute Gasteiger partial charge is 0.327 e.